The second kappa shape index (κ2) is 7.25. The van der Waals surface area contributed by atoms with Crippen LogP contribution in [-0.4, -0.2) is 0 Å². The van der Waals surface area contributed by atoms with Crippen molar-refractivity contribution in [2.24, 2.45) is 5.92 Å². The summed E-state index contributed by atoms with van der Waals surface area (Å²) in [5.41, 5.74) is 6.11. The zero-order chi connectivity index (χ0) is 7.89. The predicted molar refractivity (Wildman–Crippen MR) is 45.9 cm³/mol. The second-order valence-corrected chi connectivity index (χ2v) is 3.34. The third-order valence-corrected chi connectivity index (χ3v) is 3.04. The number of rotatable bonds is 0. The third-order valence-electron chi connectivity index (χ3n) is 3.04. The van der Waals surface area contributed by atoms with Gasteiger partial charge in [0.05, 0.1) is 0 Å². The molecule has 0 aromatic carbocycles. The molecule has 0 atom stereocenters. The van der Waals surface area contributed by atoms with Gasteiger partial charge < -0.3 is 24.8 Å². The van der Waals surface area contributed by atoms with E-state index in [-0.39, 0.29) is 50.7 Å². The van der Waals surface area contributed by atoms with Gasteiger partial charge in [0.2, 0.25) is 0 Å². The molecule has 0 unspecified atom stereocenters. The smallest absolute Gasteiger partial charge is 1.00 e. The molecule has 1 rings (SSSR count). The van der Waals surface area contributed by atoms with E-state index in [1.165, 1.54) is 11.1 Å². The standard InChI is InChI=1S/C10H16.2ClH.Hf/c1-6-7(2)9(4)10(5)8(6)3;;;/h6H,1-5H3;2*1H;/q;;;+2/p-2. The quantitative estimate of drug-likeness (QED) is 0.399. The zero-order valence-corrected chi connectivity index (χ0v) is 13.9. The van der Waals surface area contributed by atoms with Crippen LogP contribution in [0.4, 0.5) is 0 Å². The second-order valence-electron chi connectivity index (χ2n) is 3.34. The molecule has 1 aliphatic rings. The third kappa shape index (κ3) is 3.53. The fourth-order valence-electron chi connectivity index (χ4n) is 1.57. The van der Waals surface area contributed by atoms with Crippen molar-refractivity contribution in [1.82, 2.24) is 0 Å². The number of hydrogen-bond acceptors (Lipinski definition) is 0. The van der Waals surface area contributed by atoms with E-state index in [1.54, 1.807) is 11.1 Å². The average molecular weight is 386 g/mol. The Morgan fingerprint density at radius 1 is 0.769 bits per heavy atom. The summed E-state index contributed by atoms with van der Waals surface area (Å²) in [6.45, 7) is 11.2. The summed E-state index contributed by atoms with van der Waals surface area (Å²) >= 11 is 0. The molecule has 0 bridgehead atoms. The van der Waals surface area contributed by atoms with Crippen LogP contribution in [0.1, 0.15) is 34.6 Å². The molecule has 0 fully saturated rings. The van der Waals surface area contributed by atoms with Gasteiger partial charge in [-0.2, -0.15) is 0 Å². The van der Waals surface area contributed by atoms with Gasteiger partial charge in [-0.25, -0.2) is 0 Å². The van der Waals surface area contributed by atoms with Gasteiger partial charge in [0.1, 0.15) is 0 Å². The average Bonchev–Trinajstić information content (AvgIpc) is 2.07. The zero-order valence-electron chi connectivity index (χ0n) is 8.83. The van der Waals surface area contributed by atoms with Crippen LogP contribution in [0, 0.1) is 5.92 Å². The summed E-state index contributed by atoms with van der Waals surface area (Å²) in [6, 6.07) is 0. The van der Waals surface area contributed by atoms with Gasteiger partial charge >= 0.3 is 25.8 Å². The minimum atomic E-state index is 0. The molecule has 0 saturated carbocycles. The largest absolute Gasteiger partial charge is 2.00 e. The van der Waals surface area contributed by atoms with Crippen molar-refractivity contribution in [2.75, 3.05) is 0 Å². The molecule has 74 valence electrons. The molecule has 0 heterocycles. The van der Waals surface area contributed by atoms with Gasteiger partial charge in [-0.05, 0) is 44.8 Å². The molecule has 0 radical (unpaired) electrons. The Balaban J connectivity index is -0.000000333. The van der Waals surface area contributed by atoms with Crippen molar-refractivity contribution in [2.45, 2.75) is 34.6 Å². The summed E-state index contributed by atoms with van der Waals surface area (Å²) in [7, 11) is 0. The first-order chi connectivity index (χ1) is 4.55. The Morgan fingerprint density at radius 3 is 1.08 bits per heavy atom. The van der Waals surface area contributed by atoms with Gasteiger partial charge in [-0.1, -0.05) is 18.1 Å². The molecular formula is C10H16Cl2Hf. The maximum absolute atomic E-state index is 2.28. The van der Waals surface area contributed by atoms with Crippen LogP contribution in [0.5, 0.6) is 0 Å². The first-order valence-electron chi connectivity index (χ1n) is 3.90. The van der Waals surface area contributed by atoms with Crippen molar-refractivity contribution in [1.29, 1.82) is 0 Å². The van der Waals surface area contributed by atoms with Crippen molar-refractivity contribution in [3.63, 3.8) is 0 Å². The van der Waals surface area contributed by atoms with Crippen molar-refractivity contribution in [3.8, 4) is 0 Å². The first kappa shape index (κ1) is 19.5. The molecule has 0 nitrogen and oxygen atoms in total. The van der Waals surface area contributed by atoms with Crippen LogP contribution < -0.4 is 24.8 Å². The van der Waals surface area contributed by atoms with Crippen molar-refractivity contribution in [3.05, 3.63) is 22.3 Å². The van der Waals surface area contributed by atoms with Crippen molar-refractivity contribution < 1.29 is 50.7 Å². The molecule has 0 aromatic heterocycles. The molecule has 0 aliphatic heterocycles. The SMILES string of the molecule is CC1=C(C)C(C)C(C)=C1C.[Cl-].[Cl-].[Hf+2]. The maximum Gasteiger partial charge on any atom is 2.00 e. The van der Waals surface area contributed by atoms with Crippen LogP contribution in [0.25, 0.3) is 0 Å². The van der Waals surface area contributed by atoms with E-state index >= 15 is 0 Å². The molecule has 3 heteroatoms. The summed E-state index contributed by atoms with van der Waals surface area (Å²) in [5.74, 6) is 0.694. The monoisotopic (exact) mass is 386 g/mol. The van der Waals surface area contributed by atoms with E-state index < -0.39 is 0 Å². The minimum absolute atomic E-state index is 0. The van der Waals surface area contributed by atoms with E-state index in [2.05, 4.69) is 34.6 Å². The van der Waals surface area contributed by atoms with Crippen LogP contribution in [0.15, 0.2) is 22.3 Å². The Hall–Kier alpha value is 0.930. The van der Waals surface area contributed by atoms with E-state index in [0.717, 1.165) is 0 Å². The van der Waals surface area contributed by atoms with E-state index in [1.807, 2.05) is 0 Å². The summed E-state index contributed by atoms with van der Waals surface area (Å²) in [5, 5.41) is 0. The van der Waals surface area contributed by atoms with E-state index in [9.17, 15) is 0 Å². The van der Waals surface area contributed by atoms with Crippen molar-refractivity contribution >= 4 is 0 Å². The van der Waals surface area contributed by atoms with Crippen LogP contribution in [0.3, 0.4) is 0 Å². The number of hydrogen-bond donors (Lipinski definition) is 0. The Bertz CT molecular complexity index is 205. The Kier molecular flexibility index (Phi) is 10.9. The fourth-order valence-corrected chi connectivity index (χ4v) is 1.57. The summed E-state index contributed by atoms with van der Waals surface area (Å²) in [6.07, 6.45) is 0. The molecule has 0 spiro atoms. The van der Waals surface area contributed by atoms with Gasteiger partial charge in [0.25, 0.3) is 0 Å². The minimum Gasteiger partial charge on any atom is -1.00 e. The summed E-state index contributed by atoms with van der Waals surface area (Å²) in [4.78, 5) is 0. The summed E-state index contributed by atoms with van der Waals surface area (Å²) < 4.78 is 0. The normalized spacial score (nSPS) is 16.4. The molecule has 0 aromatic rings. The fraction of sp³-hybridized carbons (Fsp3) is 0.600. The first-order valence-corrected chi connectivity index (χ1v) is 3.90. The van der Waals surface area contributed by atoms with Gasteiger partial charge in [0.15, 0.2) is 0 Å². The predicted octanol–water partition coefficient (Wildman–Crippen LogP) is -2.69. The van der Waals surface area contributed by atoms with Crippen LogP contribution in [-0.2, 0) is 25.8 Å². The van der Waals surface area contributed by atoms with E-state index in [4.69, 9.17) is 0 Å². The van der Waals surface area contributed by atoms with Crippen LogP contribution in [0.2, 0.25) is 0 Å². The molecule has 1 aliphatic carbocycles. The Labute approximate surface area is 113 Å². The Morgan fingerprint density at radius 2 is 1.00 bits per heavy atom. The van der Waals surface area contributed by atoms with Gasteiger partial charge in [-0.15, -0.1) is 0 Å². The maximum atomic E-state index is 2.28. The topological polar surface area (TPSA) is 0 Å². The molecule has 13 heavy (non-hydrogen) atoms. The number of halogens is 2. The molecule has 0 saturated heterocycles. The molecular weight excluding hydrogens is 370 g/mol. The van der Waals surface area contributed by atoms with Crippen LogP contribution >= 0.6 is 0 Å². The van der Waals surface area contributed by atoms with E-state index in [0.29, 0.717) is 5.92 Å². The van der Waals surface area contributed by atoms with Gasteiger partial charge in [0, 0.05) is 0 Å². The van der Waals surface area contributed by atoms with Gasteiger partial charge in [-0.3, -0.25) is 0 Å². The molecule has 0 N–H and O–H groups in total. The molecule has 0 amide bonds. The number of allylic oxidation sites excluding steroid dienone is 4.